The molecule has 0 heterocycles. The van der Waals surface area contributed by atoms with Crippen LogP contribution in [0.2, 0.25) is 0 Å². The van der Waals surface area contributed by atoms with Crippen LogP contribution < -0.4 is 0 Å². The van der Waals surface area contributed by atoms with Gasteiger partial charge in [-0.1, -0.05) is 162 Å². The van der Waals surface area contributed by atoms with Crippen LogP contribution in [-0.4, -0.2) is 41.0 Å². The second-order valence-electron chi connectivity index (χ2n) is 12.2. The van der Waals surface area contributed by atoms with Crippen LogP contribution >= 0.6 is 7.82 Å². The standard InChI is InChI=1S/C34H67O8P/c1-3-5-7-9-11-13-14-15-16-17-18-19-21-23-25-27-29-34(36)42-32(31-41-43(37,38)39)30-40-33(35)28-26-24-22-20-12-10-8-6-4-2/h32H,3-31H2,1-2H3,(H2,37,38,39). The molecule has 0 saturated heterocycles. The molecule has 0 radical (unpaired) electrons. The predicted molar refractivity (Wildman–Crippen MR) is 175 cm³/mol. The summed E-state index contributed by atoms with van der Waals surface area (Å²) in [7, 11) is -4.73. The highest BCUT2D eigenvalue weighted by Gasteiger charge is 2.22. The second kappa shape index (κ2) is 31.0. The Labute approximate surface area is 264 Å². The van der Waals surface area contributed by atoms with Crippen LogP contribution in [0.25, 0.3) is 0 Å². The Bertz CT molecular complexity index is 681. The number of ether oxygens (including phenoxy) is 2. The molecule has 0 aromatic carbocycles. The van der Waals surface area contributed by atoms with Gasteiger partial charge in [-0.15, -0.1) is 0 Å². The zero-order valence-electron chi connectivity index (χ0n) is 27.9. The van der Waals surface area contributed by atoms with Gasteiger partial charge in [-0.2, -0.15) is 0 Å². The lowest BCUT2D eigenvalue weighted by Gasteiger charge is -2.18. The molecule has 1 atom stereocenters. The molecular formula is C34H67O8P. The third-order valence-electron chi connectivity index (χ3n) is 7.88. The Morgan fingerprint density at radius 1 is 0.512 bits per heavy atom. The smallest absolute Gasteiger partial charge is 0.462 e. The van der Waals surface area contributed by atoms with Crippen molar-refractivity contribution in [3.63, 3.8) is 0 Å². The maximum atomic E-state index is 12.3. The molecule has 0 rings (SSSR count). The van der Waals surface area contributed by atoms with Crippen molar-refractivity contribution in [1.82, 2.24) is 0 Å². The van der Waals surface area contributed by atoms with Gasteiger partial charge in [-0.25, -0.2) is 4.57 Å². The van der Waals surface area contributed by atoms with E-state index in [0.29, 0.717) is 6.42 Å². The number of carbonyl (C=O) groups is 2. The molecular weight excluding hydrogens is 567 g/mol. The zero-order valence-corrected chi connectivity index (χ0v) is 28.8. The maximum absolute atomic E-state index is 12.3. The first-order valence-electron chi connectivity index (χ1n) is 17.8. The van der Waals surface area contributed by atoms with Crippen molar-refractivity contribution in [3.05, 3.63) is 0 Å². The van der Waals surface area contributed by atoms with Crippen LogP contribution in [-0.2, 0) is 28.2 Å². The largest absolute Gasteiger partial charge is 0.469 e. The number of phosphoric acid groups is 1. The fourth-order valence-electron chi connectivity index (χ4n) is 5.20. The quantitative estimate of drug-likeness (QED) is 0.0416. The summed E-state index contributed by atoms with van der Waals surface area (Å²) >= 11 is 0. The van der Waals surface area contributed by atoms with Gasteiger partial charge in [0.15, 0.2) is 6.10 Å². The van der Waals surface area contributed by atoms with Crippen molar-refractivity contribution in [2.45, 2.75) is 193 Å². The van der Waals surface area contributed by atoms with Gasteiger partial charge in [0, 0.05) is 12.8 Å². The monoisotopic (exact) mass is 634 g/mol. The molecule has 0 aliphatic rings. The average molecular weight is 635 g/mol. The van der Waals surface area contributed by atoms with E-state index < -0.39 is 32.5 Å². The summed E-state index contributed by atoms with van der Waals surface area (Å²) in [5, 5.41) is 0. The second-order valence-corrected chi connectivity index (χ2v) is 13.5. The molecule has 0 bridgehead atoms. The van der Waals surface area contributed by atoms with Gasteiger partial charge < -0.3 is 19.3 Å². The van der Waals surface area contributed by atoms with Gasteiger partial charge >= 0.3 is 19.8 Å². The minimum Gasteiger partial charge on any atom is -0.462 e. The summed E-state index contributed by atoms with van der Waals surface area (Å²) in [5.74, 6) is -0.877. The molecule has 8 nitrogen and oxygen atoms in total. The number of phosphoric ester groups is 1. The third kappa shape index (κ3) is 33.8. The summed E-state index contributed by atoms with van der Waals surface area (Å²) in [5.41, 5.74) is 0. The minimum absolute atomic E-state index is 0.219. The van der Waals surface area contributed by atoms with Crippen molar-refractivity contribution in [2.24, 2.45) is 0 Å². The summed E-state index contributed by atoms with van der Waals surface area (Å²) in [6, 6.07) is 0. The lowest BCUT2D eigenvalue weighted by atomic mass is 10.0. The summed E-state index contributed by atoms with van der Waals surface area (Å²) in [6.07, 6.45) is 29.7. The highest BCUT2D eigenvalue weighted by atomic mass is 31.2. The fourth-order valence-corrected chi connectivity index (χ4v) is 5.56. The Hall–Kier alpha value is -0.950. The number of unbranched alkanes of at least 4 members (excludes halogenated alkanes) is 23. The van der Waals surface area contributed by atoms with E-state index in [1.165, 1.54) is 122 Å². The van der Waals surface area contributed by atoms with Gasteiger partial charge in [0.05, 0.1) is 6.61 Å². The normalized spacial score (nSPS) is 12.4. The molecule has 2 N–H and O–H groups in total. The van der Waals surface area contributed by atoms with E-state index in [9.17, 15) is 14.2 Å². The highest BCUT2D eigenvalue weighted by Crippen LogP contribution is 2.36. The summed E-state index contributed by atoms with van der Waals surface area (Å²) < 4.78 is 26.2. The van der Waals surface area contributed by atoms with Crippen molar-refractivity contribution in [1.29, 1.82) is 0 Å². The number of esters is 2. The van der Waals surface area contributed by atoms with Gasteiger partial charge in [0.2, 0.25) is 0 Å². The summed E-state index contributed by atoms with van der Waals surface area (Å²) in [6.45, 7) is 3.66. The van der Waals surface area contributed by atoms with Gasteiger partial charge in [-0.05, 0) is 12.8 Å². The van der Waals surface area contributed by atoms with Crippen LogP contribution in [0.4, 0.5) is 0 Å². The van der Waals surface area contributed by atoms with E-state index in [-0.39, 0.29) is 19.4 Å². The topological polar surface area (TPSA) is 119 Å². The third-order valence-corrected chi connectivity index (χ3v) is 8.36. The molecule has 256 valence electrons. The molecule has 0 spiro atoms. The molecule has 0 saturated carbocycles. The van der Waals surface area contributed by atoms with Gasteiger partial charge in [0.1, 0.15) is 6.61 Å². The van der Waals surface area contributed by atoms with Crippen LogP contribution in [0, 0.1) is 0 Å². The fraction of sp³-hybridized carbons (Fsp3) is 0.941. The number of rotatable bonds is 33. The van der Waals surface area contributed by atoms with Crippen LogP contribution in [0.3, 0.4) is 0 Å². The van der Waals surface area contributed by atoms with Crippen molar-refractivity contribution in [2.75, 3.05) is 13.2 Å². The highest BCUT2D eigenvalue weighted by molar-refractivity contribution is 7.46. The van der Waals surface area contributed by atoms with E-state index in [2.05, 4.69) is 18.4 Å². The van der Waals surface area contributed by atoms with Crippen molar-refractivity contribution < 1.29 is 37.9 Å². The van der Waals surface area contributed by atoms with Crippen LogP contribution in [0.5, 0.6) is 0 Å². The van der Waals surface area contributed by atoms with Crippen molar-refractivity contribution >= 4 is 19.8 Å². The Kier molecular flexibility index (Phi) is 30.4. The van der Waals surface area contributed by atoms with Gasteiger partial charge in [-0.3, -0.25) is 14.1 Å². The lowest BCUT2D eigenvalue weighted by molar-refractivity contribution is -0.161. The first-order valence-corrected chi connectivity index (χ1v) is 19.4. The maximum Gasteiger partial charge on any atom is 0.469 e. The van der Waals surface area contributed by atoms with Crippen molar-refractivity contribution in [3.8, 4) is 0 Å². The molecule has 0 aliphatic heterocycles. The molecule has 0 fully saturated rings. The molecule has 0 aliphatic carbocycles. The summed E-state index contributed by atoms with van der Waals surface area (Å²) in [4.78, 5) is 42.5. The Morgan fingerprint density at radius 3 is 1.19 bits per heavy atom. The van der Waals surface area contributed by atoms with Crippen LogP contribution in [0.15, 0.2) is 0 Å². The molecule has 43 heavy (non-hydrogen) atoms. The predicted octanol–water partition coefficient (Wildman–Crippen LogP) is 10.1. The number of hydrogen-bond acceptors (Lipinski definition) is 6. The SMILES string of the molecule is CCCCCCCCCCCCCCCCCCC(=O)OC(COC(=O)CCCCCCCCCCC)COP(=O)(O)O. The lowest BCUT2D eigenvalue weighted by Crippen LogP contribution is -2.29. The number of carbonyl (C=O) groups excluding carboxylic acids is 2. The van der Waals surface area contributed by atoms with E-state index in [0.717, 1.165) is 32.1 Å². The van der Waals surface area contributed by atoms with Crippen LogP contribution in [0.1, 0.15) is 187 Å². The molecule has 1 unspecified atom stereocenters. The minimum atomic E-state index is -4.73. The average Bonchev–Trinajstić information content (AvgIpc) is 2.97. The van der Waals surface area contributed by atoms with E-state index in [1.807, 2.05) is 0 Å². The molecule has 0 aromatic heterocycles. The number of hydrogen-bond donors (Lipinski definition) is 2. The van der Waals surface area contributed by atoms with E-state index in [4.69, 9.17) is 19.3 Å². The molecule has 0 amide bonds. The molecule has 9 heteroatoms. The Morgan fingerprint density at radius 2 is 0.837 bits per heavy atom. The van der Waals surface area contributed by atoms with E-state index in [1.54, 1.807) is 0 Å². The Balaban J connectivity index is 3.92. The zero-order chi connectivity index (χ0) is 31.9. The first-order chi connectivity index (χ1) is 20.8. The first kappa shape index (κ1) is 42.0. The molecule has 0 aromatic rings. The van der Waals surface area contributed by atoms with E-state index >= 15 is 0 Å². The van der Waals surface area contributed by atoms with Gasteiger partial charge in [0.25, 0.3) is 0 Å².